The monoisotopic (exact) mass is 393 g/mol. The van der Waals surface area contributed by atoms with Gasteiger partial charge in [0.2, 0.25) is 5.52 Å². The van der Waals surface area contributed by atoms with Crippen LogP contribution in [0.3, 0.4) is 0 Å². The number of thiophene rings is 2. The molecule has 0 N–H and O–H groups in total. The predicted octanol–water partition coefficient (Wildman–Crippen LogP) is 0.116. The Balaban J connectivity index is 0.000000324. The summed E-state index contributed by atoms with van der Waals surface area (Å²) in [5.74, 6) is 0. The zero-order valence-electron chi connectivity index (χ0n) is 12.7. The molecule has 25 heavy (non-hydrogen) atoms. The number of halogens is 1. The number of rotatable bonds is 2. The summed E-state index contributed by atoms with van der Waals surface area (Å²) in [7, 11) is -4.94. The molecular weight excluding hydrogens is 382 g/mol. The first kappa shape index (κ1) is 18.0. The lowest BCUT2D eigenvalue weighted by atomic mass is 10.1. The predicted molar refractivity (Wildman–Crippen MR) is 88.2 cm³/mol. The highest BCUT2D eigenvalue weighted by atomic mass is 35.7. The average Bonchev–Trinajstić information content (AvgIpc) is 3.22. The fourth-order valence-electron chi connectivity index (χ4n) is 2.35. The molecule has 0 amide bonds. The maximum atomic E-state index is 8.49. The van der Waals surface area contributed by atoms with E-state index in [1.54, 1.807) is 22.7 Å². The van der Waals surface area contributed by atoms with Gasteiger partial charge in [0.1, 0.15) is 0 Å². The number of aromatic nitrogens is 1. The first-order valence-electron chi connectivity index (χ1n) is 7.03. The SMILES string of the molecule is C(=C\c1cc[n+]2ccc3sccc3c2c1)/c1ccsc1.[O-][Cl+3]([O-])([O-])[O-]. The third-order valence-corrected chi connectivity index (χ3v) is 4.96. The van der Waals surface area contributed by atoms with E-state index in [0.717, 1.165) is 0 Å². The number of hydrogen-bond donors (Lipinski definition) is 0. The van der Waals surface area contributed by atoms with E-state index in [-0.39, 0.29) is 0 Å². The number of hydrogen-bond acceptors (Lipinski definition) is 6. The highest BCUT2D eigenvalue weighted by molar-refractivity contribution is 7.17. The molecule has 4 heterocycles. The highest BCUT2D eigenvalue weighted by Crippen LogP contribution is 2.23. The lowest BCUT2D eigenvalue weighted by Gasteiger charge is -2.17. The Morgan fingerprint density at radius 3 is 2.32 bits per heavy atom. The molecule has 4 aromatic rings. The van der Waals surface area contributed by atoms with Gasteiger partial charge in [0.05, 0.1) is 5.39 Å². The maximum Gasteiger partial charge on any atom is 0.219 e. The van der Waals surface area contributed by atoms with Crippen molar-refractivity contribution in [2.75, 3.05) is 0 Å². The Morgan fingerprint density at radius 2 is 1.60 bits per heavy atom. The van der Waals surface area contributed by atoms with E-state index < -0.39 is 10.2 Å². The molecule has 0 saturated heterocycles. The summed E-state index contributed by atoms with van der Waals surface area (Å²) in [6.45, 7) is 0. The Hall–Kier alpha value is -1.84. The molecular formula is C17H12ClNO4S2. The topological polar surface area (TPSA) is 96.3 Å². The lowest BCUT2D eigenvalue weighted by molar-refractivity contribution is -2.00. The molecule has 0 aromatic carbocycles. The first-order valence-corrected chi connectivity index (χ1v) is 10.1. The van der Waals surface area contributed by atoms with Crippen LogP contribution in [0.5, 0.6) is 0 Å². The molecule has 128 valence electrons. The molecule has 0 fully saturated rings. The van der Waals surface area contributed by atoms with E-state index >= 15 is 0 Å². The van der Waals surface area contributed by atoms with Crippen LogP contribution in [0.15, 0.2) is 58.9 Å². The van der Waals surface area contributed by atoms with Crippen LogP contribution in [0.25, 0.3) is 27.8 Å². The molecule has 0 aliphatic rings. The summed E-state index contributed by atoms with van der Waals surface area (Å²) in [5.41, 5.74) is 3.75. The number of nitrogens with zero attached hydrogens (tertiary/aromatic N) is 1. The van der Waals surface area contributed by atoms with Gasteiger partial charge in [-0.25, -0.2) is 18.6 Å². The molecule has 0 radical (unpaired) electrons. The van der Waals surface area contributed by atoms with E-state index in [9.17, 15) is 0 Å². The highest BCUT2D eigenvalue weighted by Gasteiger charge is 2.08. The molecule has 5 nitrogen and oxygen atoms in total. The Morgan fingerprint density at radius 1 is 0.880 bits per heavy atom. The van der Waals surface area contributed by atoms with Crippen LogP contribution in [0.2, 0.25) is 0 Å². The smallest absolute Gasteiger partial charge is 0.219 e. The molecule has 8 heteroatoms. The minimum Gasteiger partial charge on any atom is -0.222 e. The van der Waals surface area contributed by atoms with Crippen LogP contribution in [0, 0.1) is 10.2 Å². The Kier molecular flexibility index (Phi) is 5.45. The van der Waals surface area contributed by atoms with Gasteiger partial charge in [-0.3, -0.25) is 0 Å². The zero-order valence-corrected chi connectivity index (χ0v) is 15.1. The molecule has 4 rings (SSSR count). The Labute approximate surface area is 153 Å². The second-order valence-corrected chi connectivity index (χ2v) is 7.52. The summed E-state index contributed by atoms with van der Waals surface area (Å²) >= 11 is 3.52. The van der Waals surface area contributed by atoms with Crippen molar-refractivity contribution in [3.63, 3.8) is 0 Å². The second kappa shape index (κ2) is 7.59. The van der Waals surface area contributed by atoms with E-state index in [1.807, 2.05) is 0 Å². The van der Waals surface area contributed by atoms with Crippen LogP contribution in [-0.4, -0.2) is 0 Å². The van der Waals surface area contributed by atoms with Gasteiger partial charge in [-0.05, 0) is 39.4 Å². The molecule has 0 bridgehead atoms. The summed E-state index contributed by atoms with van der Waals surface area (Å²) in [5, 5.41) is 7.73. The van der Waals surface area contributed by atoms with Gasteiger partial charge in [-0.2, -0.15) is 15.7 Å². The molecule has 0 aliphatic carbocycles. The summed E-state index contributed by atoms with van der Waals surface area (Å²) in [4.78, 5) is 0. The summed E-state index contributed by atoms with van der Waals surface area (Å²) in [6, 6.07) is 10.9. The van der Waals surface area contributed by atoms with Crippen LogP contribution in [0.1, 0.15) is 11.1 Å². The standard InChI is InChI=1S/C17H12NS2.ClHO4/c1(2-14-5-9-19-12-14)13-3-7-18-8-4-17-15(6-10-20-17)16(18)11-13;2-1(3,4)5/h1-12H;(H,2,3,4,5)/q+1;/p-1/b2-1+;. The van der Waals surface area contributed by atoms with Gasteiger partial charge < -0.3 is 0 Å². The van der Waals surface area contributed by atoms with Crippen LogP contribution < -0.4 is 23.0 Å². The minimum absolute atomic E-state index is 1.23. The maximum absolute atomic E-state index is 8.49. The largest absolute Gasteiger partial charge is 0.222 e. The van der Waals surface area contributed by atoms with E-state index in [1.165, 1.54) is 26.7 Å². The van der Waals surface area contributed by atoms with Gasteiger partial charge >= 0.3 is 0 Å². The van der Waals surface area contributed by atoms with Gasteiger partial charge in [0.25, 0.3) is 0 Å². The number of fused-ring (bicyclic) bond motifs is 3. The second-order valence-electron chi connectivity index (χ2n) is 5.03. The number of pyridine rings is 2. The van der Waals surface area contributed by atoms with Gasteiger partial charge in [-0.15, -0.1) is 21.6 Å². The van der Waals surface area contributed by atoms with Crippen molar-refractivity contribution in [2.24, 2.45) is 0 Å². The van der Waals surface area contributed by atoms with Crippen molar-refractivity contribution in [1.82, 2.24) is 0 Å². The molecule has 0 atom stereocenters. The van der Waals surface area contributed by atoms with Crippen molar-refractivity contribution in [3.05, 3.63) is 70.0 Å². The molecule has 4 aromatic heterocycles. The first-order chi connectivity index (χ1) is 11.9. The fraction of sp³-hybridized carbons (Fsp3) is 0. The van der Waals surface area contributed by atoms with Crippen molar-refractivity contribution < 1.29 is 33.3 Å². The van der Waals surface area contributed by atoms with Crippen LogP contribution in [0.4, 0.5) is 0 Å². The van der Waals surface area contributed by atoms with E-state index in [4.69, 9.17) is 18.6 Å². The van der Waals surface area contributed by atoms with Crippen molar-refractivity contribution in [3.8, 4) is 0 Å². The van der Waals surface area contributed by atoms with Crippen molar-refractivity contribution >= 4 is 50.4 Å². The lowest BCUT2D eigenvalue weighted by Crippen LogP contribution is -2.68. The summed E-state index contributed by atoms with van der Waals surface area (Å²) < 4.78 is 37.5. The fourth-order valence-corrected chi connectivity index (χ4v) is 3.77. The van der Waals surface area contributed by atoms with Crippen LogP contribution >= 0.6 is 22.7 Å². The van der Waals surface area contributed by atoms with Crippen molar-refractivity contribution in [2.45, 2.75) is 0 Å². The molecule has 0 unspecified atom stereocenters. The van der Waals surface area contributed by atoms with E-state index in [2.05, 4.69) is 75.4 Å². The summed E-state index contributed by atoms with van der Waals surface area (Å²) in [6.07, 6.45) is 8.59. The molecule has 0 saturated carbocycles. The minimum atomic E-state index is -4.94. The van der Waals surface area contributed by atoms with Gasteiger partial charge in [0, 0.05) is 22.9 Å². The molecule has 0 aliphatic heterocycles. The third-order valence-electron chi connectivity index (χ3n) is 3.38. The quantitative estimate of drug-likeness (QED) is 0.452. The molecule has 0 spiro atoms. The van der Waals surface area contributed by atoms with Crippen LogP contribution in [-0.2, 0) is 0 Å². The van der Waals surface area contributed by atoms with E-state index in [0.29, 0.717) is 0 Å². The average molecular weight is 394 g/mol. The van der Waals surface area contributed by atoms with Gasteiger partial charge in [0.15, 0.2) is 12.4 Å². The van der Waals surface area contributed by atoms with Gasteiger partial charge in [-0.1, -0.05) is 12.2 Å². The normalized spacial score (nSPS) is 11.8. The zero-order chi connectivity index (χ0) is 17.9. The van der Waals surface area contributed by atoms with Crippen molar-refractivity contribution in [1.29, 1.82) is 0 Å². The Bertz CT molecular complexity index is 1000. The third kappa shape index (κ3) is 5.07.